The summed E-state index contributed by atoms with van der Waals surface area (Å²) in [5.41, 5.74) is 1.77. The van der Waals surface area contributed by atoms with Gasteiger partial charge in [-0.3, -0.25) is 4.79 Å². The predicted molar refractivity (Wildman–Crippen MR) is 97.5 cm³/mol. The van der Waals surface area contributed by atoms with Crippen molar-refractivity contribution in [2.24, 2.45) is 0 Å². The van der Waals surface area contributed by atoms with Crippen LogP contribution in [0.15, 0.2) is 37.3 Å². The van der Waals surface area contributed by atoms with Crippen molar-refractivity contribution in [3.05, 3.63) is 53.6 Å². The van der Waals surface area contributed by atoms with Crippen molar-refractivity contribution in [3.63, 3.8) is 0 Å². The Kier molecular flexibility index (Phi) is 4.77. The van der Waals surface area contributed by atoms with E-state index in [9.17, 15) is 4.79 Å². The summed E-state index contributed by atoms with van der Waals surface area (Å²) < 4.78 is 1.64. The molecule has 6 nitrogen and oxygen atoms in total. The number of nitrogens with one attached hydrogen (secondary N) is 1. The highest BCUT2D eigenvalue weighted by Crippen LogP contribution is 2.29. The second kappa shape index (κ2) is 6.99. The minimum absolute atomic E-state index is 0.01000. The van der Waals surface area contributed by atoms with Gasteiger partial charge in [0.25, 0.3) is 5.91 Å². The molecule has 0 aliphatic carbocycles. The Hall–Kier alpha value is -2.78. The molecule has 1 N–H and O–H groups in total. The molecule has 1 aromatic carbocycles. The predicted octanol–water partition coefficient (Wildman–Crippen LogP) is 2.91. The molecule has 1 aliphatic rings. The van der Waals surface area contributed by atoms with Crippen LogP contribution in [0.2, 0.25) is 5.02 Å². The van der Waals surface area contributed by atoms with Gasteiger partial charge in [0.15, 0.2) is 0 Å². The zero-order valence-electron chi connectivity index (χ0n) is 13.8. The van der Waals surface area contributed by atoms with Crippen LogP contribution in [0.1, 0.15) is 29.4 Å². The number of carbonyl (C=O) groups excluding carboxylic acids is 1. The summed E-state index contributed by atoms with van der Waals surface area (Å²) in [6, 6.07) is 7.58. The molecular weight excluding hydrogens is 338 g/mol. The molecular formula is C18H18ClN5O. The lowest BCUT2D eigenvalue weighted by molar-refractivity contribution is 0.0931. The van der Waals surface area contributed by atoms with Crippen LogP contribution < -0.4 is 10.2 Å². The van der Waals surface area contributed by atoms with E-state index < -0.39 is 0 Å². The largest absolute Gasteiger partial charge is 0.367 e. The van der Waals surface area contributed by atoms with Crippen LogP contribution in [0.5, 0.6) is 0 Å². The van der Waals surface area contributed by atoms with E-state index in [0.717, 1.165) is 18.7 Å². The van der Waals surface area contributed by atoms with E-state index in [4.69, 9.17) is 16.9 Å². The van der Waals surface area contributed by atoms with Gasteiger partial charge < -0.3 is 14.8 Å². The molecule has 2 aromatic rings. The van der Waals surface area contributed by atoms with E-state index in [2.05, 4.69) is 34.8 Å². The summed E-state index contributed by atoms with van der Waals surface area (Å²) in [7, 11) is 0. The van der Waals surface area contributed by atoms with Gasteiger partial charge in [-0.2, -0.15) is 5.26 Å². The van der Waals surface area contributed by atoms with Crippen LogP contribution in [0.25, 0.3) is 6.20 Å². The highest BCUT2D eigenvalue weighted by Gasteiger charge is 2.32. The van der Waals surface area contributed by atoms with Crippen LogP contribution >= 0.6 is 11.6 Å². The molecule has 0 bridgehead atoms. The Morgan fingerprint density at radius 3 is 3.00 bits per heavy atom. The second-order valence-electron chi connectivity index (χ2n) is 5.97. The van der Waals surface area contributed by atoms with Gasteiger partial charge in [-0.25, -0.2) is 4.98 Å². The number of imidazole rings is 1. The van der Waals surface area contributed by atoms with E-state index in [1.165, 1.54) is 0 Å². The van der Waals surface area contributed by atoms with Crippen molar-refractivity contribution in [1.82, 2.24) is 14.9 Å². The Balaban J connectivity index is 1.70. The van der Waals surface area contributed by atoms with Crippen molar-refractivity contribution >= 4 is 29.4 Å². The molecule has 2 heterocycles. The SMILES string of the molecule is C=Cn1cnc(C(=O)N[C@H]2CCN(c3ccc(C#N)c(Cl)c3)[C@H]2C)c1. The Labute approximate surface area is 151 Å². The van der Waals surface area contributed by atoms with Gasteiger partial charge in [0.1, 0.15) is 11.8 Å². The smallest absolute Gasteiger partial charge is 0.271 e. The highest BCUT2D eigenvalue weighted by atomic mass is 35.5. The summed E-state index contributed by atoms with van der Waals surface area (Å²) in [5, 5.41) is 12.5. The quantitative estimate of drug-likeness (QED) is 0.915. The van der Waals surface area contributed by atoms with Crippen molar-refractivity contribution < 1.29 is 4.79 Å². The van der Waals surface area contributed by atoms with Gasteiger partial charge in [-0.05, 0) is 31.5 Å². The van der Waals surface area contributed by atoms with E-state index >= 15 is 0 Å². The number of hydrogen-bond acceptors (Lipinski definition) is 4. The van der Waals surface area contributed by atoms with Crippen molar-refractivity contribution in [2.45, 2.75) is 25.4 Å². The number of nitrogens with zero attached hydrogens (tertiary/aromatic N) is 4. The van der Waals surface area contributed by atoms with Crippen molar-refractivity contribution in [2.75, 3.05) is 11.4 Å². The third-order valence-corrected chi connectivity index (χ3v) is 4.83. The maximum Gasteiger partial charge on any atom is 0.271 e. The topological polar surface area (TPSA) is 74.0 Å². The molecule has 1 aliphatic heterocycles. The first kappa shape index (κ1) is 17.1. The average Bonchev–Trinajstić information content (AvgIpc) is 3.22. The maximum absolute atomic E-state index is 12.4. The van der Waals surface area contributed by atoms with E-state index in [-0.39, 0.29) is 18.0 Å². The lowest BCUT2D eigenvalue weighted by atomic mass is 10.1. The number of hydrogen-bond donors (Lipinski definition) is 1. The zero-order valence-corrected chi connectivity index (χ0v) is 14.6. The fourth-order valence-corrected chi connectivity index (χ4v) is 3.28. The first-order valence-corrected chi connectivity index (χ1v) is 8.34. The molecule has 128 valence electrons. The van der Waals surface area contributed by atoms with Crippen LogP contribution in [-0.2, 0) is 0 Å². The molecule has 7 heteroatoms. The summed E-state index contributed by atoms with van der Waals surface area (Å²) in [6.45, 7) is 6.50. The molecule has 1 amide bonds. The van der Waals surface area contributed by atoms with Crippen molar-refractivity contribution in [3.8, 4) is 6.07 Å². The molecule has 25 heavy (non-hydrogen) atoms. The van der Waals surface area contributed by atoms with E-state index in [1.807, 2.05) is 6.07 Å². The molecule has 3 rings (SSSR count). The fraction of sp³-hybridized carbons (Fsp3) is 0.278. The fourth-order valence-electron chi connectivity index (χ4n) is 3.07. The minimum atomic E-state index is -0.197. The van der Waals surface area contributed by atoms with E-state index in [1.54, 1.807) is 35.4 Å². The minimum Gasteiger partial charge on any atom is -0.367 e. The van der Waals surface area contributed by atoms with Crippen molar-refractivity contribution in [1.29, 1.82) is 5.26 Å². The number of anilines is 1. The number of benzene rings is 1. The zero-order chi connectivity index (χ0) is 18.0. The van der Waals surface area contributed by atoms with E-state index in [0.29, 0.717) is 16.3 Å². The Bertz CT molecular complexity index is 853. The molecule has 0 radical (unpaired) electrons. The number of rotatable bonds is 4. The number of amides is 1. The van der Waals surface area contributed by atoms with Gasteiger partial charge in [0, 0.05) is 30.7 Å². The standard InChI is InChI=1S/C18H18ClN5O/c1-3-23-10-17(21-11-23)18(25)22-16-6-7-24(12(16)2)14-5-4-13(9-20)15(19)8-14/h3-5,8,10-12,16H,1,6-7H2,2H3,(H,22,25)/t12-,16-/m0/s1. The third kappa shape index (κ3) is 3.37. The number of carbonyl (C=O) groups is 1. The molecule has 0 unspecified atom stereocenters. The second-order valence-corrected chi connectivity index (χ2v) is 6.37. The van der Waals surface area contributed by atoms with Gasteiger partial charge in [-0.1, -0.05) is 18.2 Å². The molecule has 1 aromatic heterocycles. The summed E-state index contributed by atoms with van der Waals surface area (Å²) in [6.07, 6.45) is 5.59. The van der Waals surface area contributed by atoms with Gasteiger partial charge in [0.05, 0.1) is 23.0 Å². The van der Waals surface area contributed by atoms with Crippen LogP contribution in [0.4, 0.5) is 5.69 Å². The van der Waals surface area contributed by atoms with Gasteiger partial charge >= 0.3 is 0 Å². The summed E-state index contributed by atoms with van der Waals surface area (Å²) in [5.74, 6) is -0.197. The molecule has 2 atom stereocenters. The molecule has 0 spiro atoms. The van der Waals surface area contributed by atoms with Gasteiger partial charge in [-0.15, -0.1) is 0 Å². The average molecular weight is 356 g/mol. The van der Waals surface area contributed by atoms with Crippen LogP contribution in [0, 0.1) is 11.3 Å². The summed E-state index contributed by atoms with van der Waals surface area (Å²) in [4.78, 5) is 18.6. The molecule has 1 fully saturated rings. The molecule has 0 saturated carbocycles. The van der Waals surface area contributed by atoms with Crippen LogP contribution in [-0.4, -0.2) is 34.1 Å². The summed E-state index contributed by atoms with van der Waals surface area (Å²) >= 11 is 6.13. The number of halogens is 1. The monoisotopic (exact) mass is 355 g/mol. The molecule has 1 saturated heterocycles. The normalized spacial score (nSPS) is 19.5. The first-order valence-electron chi connectivity index (χ1n) is 7.96. The number of nitriles is 1. The lowest BCUT2D eigenvalue weighted by Crippen LogP contribution is -2.43. The first-order chi connectivity index (χ1) is 12.0. The Morgan fingerprint density at radius 2 is 2.36 bits per heavy atom. The maximum atomic E-state index is 12.4. The number of aromatic nitrogens is 2. The lowest BCUT2D eigenvalue weighted by Gasteiger charge is -2.27. The Morgan fingerprint density at radius 1 is 1.56 bits per heavy atom. The van der Waals surface area contributed by atoms with Gasteiger partial charge in [0.2, 0.25) is 0 Å². The van der Waals surface area contributed by atoms with Crippen LogP contribution in [0.3, 0.4) is 0 Å². The highest BCUT2D eigenvalue weighted by molar-refractivity contribution is 6.32. The third-order valence-electron chi connectivity index (χ3n) is 4.52.